The van der Waals surface area contributed by atoms with Crippen molar-refractivity contribution in [3.05, 3.63) is 27.7 Å². The van der Waals surface area contributed by atoms with Crippen molar-refractivity contribution in [2.45, 2.75) is 19.3 Å². The van der Waals surface area contributed by atoms with Gasteiger partial charge in [0.25, 0.3) is 0 Å². The molecule has 1 aliphatic rings. The predicted octanol–water partition coefficient (Wildman–Crippen LogP) is 2.94. The molecule has 1 heterocycles. The molecular weight excluding hydrogens is 270 g/mol. The van der Waals surface area contributed by atoms with Gasteiger partial charge >= 0.3 is 5.97 Å². The number of nitrogens with one attached hydrogen (secondary N) is 1. The van der Waals surface area contributed by atoms with Crippen LogP contribution in [0, 0.1) is 0 Å². The molecule has 0 radical (unpaired) electrons. The van der Waals surface area contributed by atoms with E-state index in [1.807, 2.05) is 12.1 Å². The summed E-state index contributed by atoms with van der Waals surface area (Å²) in [5.74, 6) is -0.283. The monoisotopic (exact) mass is 283 g/mol. The molecule has 0 saturated carbocycles. The van der Waals surface area contributed by atoms with Gasteiger partial charge in [0.2, 0.25) is 0 Å². The number of esters is 1. The van der Waals surface area contributed by atoms with Gasteiger partial charge in [-0.2, -0.15) is 0 Å². The average molecular weight is 284 g/mol. The lowest BCUT2D eigenvalue weighted by Crippen LogP contribution is -2.22. The molecule has 0 saturated heterocycles. The third-order valence-corrected chi connectivity index (χ3v) is 3.36. The van der Waals surface area contributed by atoms with Crippen LogP contribution in [0.4, 0.5) is 5.69 Å². The van der Waals surface area contributed by atoms with E-state index in [1.165, 1.54) is 7.11 Å². The topological polar surface area (TPSA) is 38.3 Å². The van der Waals surface area contributed by atoms with Crippen molar-refractivity contribution in [2.75, 3.05) is 19.0 Å². The van der Waals surface area contributed by atoms with Gasteiger partial charge in [-0.1, -0.05) is 29.8 Å². The minimum Gasteiger partial charge on any atom is -0.465 e. The van der Waals surface area contributed by atoms with Gasteiger partial charge in [-0.15, -0.1) is 0 Å². The summed E-state index contributed by atoms with van der Waals surface area (Å²) in [5.41, 5.74) is 2.66. The van der Waals surface area contributed by atoms with Gasteiger partial charge in [0, 0.05) is 22.1 Å². The molecule has 0 atom stereocenters. The van der Waals surface area contributed by atoms with Crippen molar-refractivity contribution in [1.29, 1.82) is 0 Å². The van der Waals surface area contributed by atoms with Gasteiger partial charge in [-0.05, 0) is 17.7 Å². The second kappa shape index (κ2) is 3.77. The summed E-state index contributed by atoms with van der Waals surface area (Å²) in [6, 6.07) is 3.82. The molecule has 2 rings (SSSR count). The molecule has 0 amide bonds. The minimum absolute atomic E-state index is 0.0421. The van der Waals surface area contributed by atoms with Crippen molar-refractivity contribution in [2.24, 2.45) is 0 Å². The molecule has 86 valence electrons. The van der Waals surface area contributed by atoms with Crippen LogP contribution >= 0.6 is 15.9 Å². The van der Waals surface area contributed by atoms with Crippen LogP contribution in [0.1, 0.15) is 29.8 Å². The Morgan fingerprint density at radius 2 is 2.19 bits per heavy atom. The maximum absolute atomic E-state index is 11.7. The van der Waals surface area contributed by atoms with Crippen molar-refractivity contribution in [1.82, 2.24) is 0 Å². The fourth-order valence-corrected chi connectivity index (χ4v) is 2.61. The highest BCUT2D eigenvalue weighted by Crippen LogP contribution is 2.40. The molecule has 3 nitrogen and oxygen atoms in total. The Kier molecular flexibility index (Phi) is 2.70. The van der Waals surface area contributed by atoms with E-state index in [-0.39, 0.29) is 11.4 Å². The summed E-state index contributed by atoms with van der Waals surface area (Å²) >= 11 is 3.40. The van der Waals surface area contributed by atoms with Gasteiger partial charge in [-0.3, -0.25) is 0 Å². The van der Waals surface area contributed by atoms with Gasteiger partial charge in [0.05, 0.1) is 12.7 Å². The first-order chi connectivity index (χ1) is 7.45. The summed E-state index contributed by atoms with van der Waals surface area (Å²) in [4.78, 5) is 11.7. The van der Waals surface area contributed by atoms with Crippen LogP contribution in [0.5, 0.6) is 0 Å². The lowest BCUT2D eigenvalue weighted by atomic mass is 9.84. The number of carbonyl (C=O) groups excluding carboxylic acids is 1. The largest absolute Gasteiger partial charge is 0.465 e. The normalized spacial score (nSPS) is 16.5. The number of carbonyl (C=O) groups is 1. The van der Waals surface area contributed by atoms with Gasteiger partial charge in [0.15, 0.2) is 0 Å². The van der Waals surface area contributed by atoms with Crippen LogP contribution in [0.2, 0.25) is 0 Å². The molecule has 1 aromatic carbocycles. The van der Waals surface area contributed by atoms with E-state index in [0.29, 0.717) is 5.56 Å². The van der Waals surface area contributed by atoms with Crippen LogP contribution in [-0.4, -0.2) is 19.6 Å². The first kappa shape index (κ1) is 11.5. The van der Waals surface area contributed by atoms with Crippen LogP contribution in [0.25, 0.3) is 0 Å². The third kappa shape index (κ3) is 1.71. The molecular formula is C12H14BrNO2. The molecule has 16 heavy (non-hydrogen) atoms. The highest BCUT2D eigenvalue weighted by Gasteiger charge is 2.34. The number of hydrogen-bond donors (Lipinski definition) is 1. The highest BCUT2D eigenvalue weighted by molar-refractivity contribution is 9.10. The number of halogens is 1. The lowest BCUT2D eigenvalue weighted by Gasteiger charge is -2.19. The predicted molar refractivity (Wildman–Crippen MR) is 67.0 cm³/mol. The second-order valence-corrected chi connectivity index (χ2v) is 5.52. The van der Waals surface area contributed by atoms with E-state index in [0.717, 1.165) is 22.3 Å². The van der Waals surface area contributed by atoms with Gasteiger partial charge in [-0.25, -0.2) is 4.79 Å². The first-order valence-electron chi connectivity index (χ1n) is 5.12. The minimum atomic E-state index is -0.283. The number of ether oxygens (including phenoxy) is 1. The second-order valence-electron chi connectivity index (χ2n) is 4.60. The van der Waals surface area contributed by atoms with Crippen molar-refractivity contribution in [3.8, 4) is 0 Å². The third-order valence-electron chi connectivity index (χ3n) is 2.91. The number of fused-ring (bicyclic) bond motifs is 1. The summed E-state index contributed by atoms with van der Waals surface area (Å²) in [7, 11) is 1.41. The van der Waals surface area contributed by atoms with E-state index in [9.17, 15) is 4.79 Å². The molecule has 1 aromatic rings. The zero-order valence-electron chi connectivity index (χ0n) is 9.56. The molecule has 0 aliphatic carbocycles. The first-order valence-corrected chi connectivity index (χ1v) is 5.91. The zero-order valence-corrected chi connectivity index (χ0v) is 11.1. The maximum atomic E-state index is 11.7. The van der Waals surface area contributed by atoms with Gasteiger partial charge < -0.3 is 10.1 Å². The van der Waals surface area contributed by atoms with E-state index in [1.54, 1.807) is 0 Å². The summed E-state index contributed by atoms with van der Waals surface area (Å²) in [6.07, 6.45) is 0. The number of anilines is 1. The zero-order chi connectivity index (χ0) is 11.9. The fraction of sp³-hybridized carbons (Fsp3) is 0.417. The van der Waals surface area contributed by atoms with E-state index >= 15 is 0 Å². The summed E-state index contributed by atoms with van der Waals surface area (Å²) in [6.45, 7) is 5.07. The van der Waals surface area contributed by atoms with E-state index in [4.69, 9.17) is 4.74 Å². The lowest BCUT2D eigenvalue weighted by molar-refractivity contribution is 0.0598. The van der Waals surface area contributed by atoms with Crippen molar-refractivity contribution < 1.29 is 9.53 Å². The highest BCUT2D eigenvalue weighted by atomic mass is 79.9. The Morgan fingerprint density at radius 1 is 1.50 bits per heavy atom. The Hall–Kier alpha value is -1.03. The van der Waals surface area contributed by atoms with E-state index < -0.39 is 0 Å². The van der Waals surface area contributed by atoms with E-state index in [2.05, 4.69) is 35.1 Å². The molecule has 1 aliphatic heterocycles. The van der Waals surface area contributed by atoms with Crippen LogP contribution in [-0.2, 0) is 10.2 Å². The van der Waals surface area contributed by atoms with Crippen LogP contribution in [0.15, 0.2) is 16.6 Å². The molecule has 0 spiro atoms. The molecule has 0 fully saturated rings. The number of rotatable bonds is 1. The Morgan fingerprint density at radius 3 is 2.81 bits per heavy atom. The molecule has 0 unspecified atom stereocenters. The number of benzene rings is 1. The molecule has 0 aromatic heterocycles. The van der Waals surface area contributed by atoms with Crippen LogP contribution in [0.3, 0.4) is 0 Å². The summed E-state index contributed by atoms with van der Waals surface area (Å²) in [5, 5.41) is 3.31. The molecule has 0 bridgehead atoms. The quantitative estimate of drug-likeness (QED) is 0.806. The Balaban J connectivity index is 2.65. The fourth-order valence-electron chi connectivity index (χ4n) is 2.15. The van der Waals surface area contributed by atoms with Crippen molar-refractivity contribution >= 4 is 27.6 Å². The molecule has 4 heteroatoms. The Labute approximate surface area is 103 Å². The Bertz CT molecular complexity index is 455. The maximum Gasteiger partial charge on any atom is 0.338 e. The SMILES string of the molecule is COC(=O)c1cc(Br)cc2c1C(C)(C)CN2. The number of methoxy groups -OCH3 is 1. The average Bonchev–Trinajstić information content (AvgIpc) is 2.52. The standard InChI is InChI=1S/C12H14BrNO2/c1-12(2)6-14-9-5-7(13)4-8(10(9)12)11(15)16-3/h4-5,14H,6H2,1-3H3. The van der Waals surface area contributed by atoms with Crippen molar-refractivity contribution in [3.63, 3.8) is 0 Å². The molecule has 1 N–H and O–H groups in total. The van der Waals surface area contributed by atoms with Gasteiger partial charge in [0.1, 0.15) is 0 Å². The summed E-state index contributed by atoms with van der Waals surface area (Å²) < 4.78 is 5.71. The number of hydrogen-bond acceptors (Lipinski definition) is 3. The van der Waals surface area contributed by atoms with Crippen LogP contribution < -0.4 is 5.32 Å². The smallest absolute Gasteiger partial charge is 0.338 e.